The smallest absolute Gasteiger partial charge is 0.130 e. The van der Waals surface area contributed by atoms with E-state index in [1.54, 1.807) is 6.20 Å². The van der Waals surface area contributed by atoms with Crippen LogP contribution in [0.15, 0.2) is 48.7 Å². The lowest BCUT2D eigenvalue weighted by atomic mass is 9.91. The molecule has 0 aliphatic heterocycles. The first kappa shape index (κ1) is 15.6. The second kappa shape index (κ2) is 7.82. The van der Waals surface area contributed by atoms with Crippen LogP contribution >= 0.6 is 0 Å². The van der Waals surface area contributed by atoms with Crippen LogP contribution in [-0.4, -0.2) is 4.98 Å². The fourth-order valence-corrected chi connectivity index (χ4v) is 2.12. The Morgan fingerprint density at radius 2 is 1.76 bits per heavy atom. The maximum Gasteiger partial charge on any atom is 0.130 e. The van der Waals surface area contributed by atoms with Gasteiger partial charge < -0.3 is 4.74 Å². The summed E-state index contributed by atoms with van der Waals surface area (Å²) in [5.74, 6) is 2.43. The highest BCUT2D eigenvalue weighted by Gasteiger charge is 2.07. The number of benzene rings is 1. The van der Waals surface area contributed by atoms with Gasteiger partial charge in [0.05, 0.1) is 5.69 Å². The molecule has 1 heterocycles. The molecule has 0 N–H and O–H groups in total. The van der Waals surface area contributed by atoms with Crippen LogP contribution in [0.4, 0.5) is 0 Å². The normalized spacial score (nSPS) is 12.4. The molecule has 1 unspecified atom stereocenters. The molecule has 21 heavy (non-hydrogen) atoms. The fourth-order valence-electron chi connectivity index (χ4n) is 2.12. The van der Waals surface area contributed by atoms with Crippen LogP contribution < -0.4 is 4.74 Å². The summed E-state index contributed by atoms with van der Waals surface area (Å²) in [7, 11) is 0. The van der Waals surface area contributed by atoms with Gasteiger partial charge in [-0.2, -0.15) is 0 Å². The number of aromatic nitrogens is 1. The second-order valence-electron chi connectivity index (χ2n) is 6.01. The third-order valence-corrected chi connectivity index (χ3v) is 4.06. The maximum absolute atomic E-state index is 5.75. The van der Waals surface area contributed by atoms with Crippen LogP contribution in [0.1, 0.15) is 38.4 Å². The van der Waals surface area contributed by atoms with Crippen molar-refractivity contribution in [1.82, 2.24) is 4.98 Å². The molecule has 0 saturated heterocycles. The van der Waals surface area contributed by atoms with Crippen molar-refractivity contribution >= 4 is 0 Å². The minimum Gasteiger partial charge on any atom is -0.487 e. The van der Waals surface area contributed by atoms with Gasteiger partial charge in [-0.3, -0.25) is 4.98 Å². The van der Waals surface area contributed by atoms with E-state index in [1.165, 1.54) is 12.0 Å². The van der Waals surface area contributed by atoms with Crippen LogP contribution in [0.5, 0.6) is 5.75 Å². The Kier molecular flexibility index (Phi) is 5.79. The largest absolute Gasteiger partial charge is 0.487 e. The highest BCUT2D eigenvalue weighted by Crippen LogP contribution is 2.19. The summed E-state index contributed by atoms with van der Waals surface area (Å²) >= 11 is 0. The average Bonchev–Trinajstić information content (AvgIpc) is 2.52. The average molecular weight is 283 g/mol. The molecule has 0 saturated carbocycles. The van der Waals surface area contributed by atoms with Crippen molar-refractivity contribution in [3.63, 3.8) is 0 Å². The highest BCUT2D eigenvalue weighted by atomic mass is 16.5. The zero-order valence-corrected chi connectivity index (χ0v) is 13.3. The minimum absolute atomic E-state index is 0.518. The SMILES string of the molecule is CC(C)C(C)CCc1ccc(OCc2ccccn2)cc1. The number of ether oxygens (including phenoxy) is 1. The van der Waals surface area contributed by atoms with E-state index in [4.69, 9.17) is 4.74 Å². The van der Waals surface area contributed by atoms with Gasteiger partial charge in [0.25, 0.3) is 0 Å². The number of hydrogen-bond donors (Lipinski definition) is 0. The van der Waals surface area contributed by atoms with Crippen molar-refractivity contribution in [3.05, 3.63) is 59.9 Å². The lowest BCUT2D eigenvalue weighted by Gasteiger charge is -2.15. The van der Waals surface area contributed by atoms with E-state index >= 15 is 0 Å². The van der Waals surface area contributed by atoms with Crippen molar-refractivity contribution in [2.24, 2.45) is 11.8 Å². The lowest BCUT2D eigenvalue weighted by Crippen LogP contribution is -2.05. The van der Waals surface area contributed by atoms with Gasteiger partial charge in [0.1, 0.15) is 12.4 Å². The molecule has 1 aromatic heterocycles. The van der Waals surface area contributed by atoms with Gasteiger partial charge >= 0.3 is 0 Å². The Labute approximate surface area is 128 Å². The van der Waals surface area contributed by atoms with E-state index in [-0.39, 0.29) is 0 Å². The van der Waals surface area contributed by atoms with E-state index in [0.29, 0.717) is 6.61 Å². The Hall–Kier alpha value is -1.83. The molecule has 112 valence electrons. The van der Waals surface area contributed by atoms with E-state index in [2.05, 4.69) is 50.0 Å². The Balaban J connectivity index is 1.82. The molecule has 2 nitrogen and oxygen atoms in total. The molecule has 0 aliphatic carbocycles. The first-order valence-electron chi connectivity index (χ1n) is 7.77. The monoisotopic (exact) mass is 283 g/mol. The fraction of sp³-hybridized carbons (Fsp3) is 0.421. The van der Waals surface area contributed by atoms with Gasteiger partial charge in [-0.1, -0.05) is 39.0 Å². The molecule has 2 aromatic rings. The number of hydrogen-bond acceptors (Lipinski definition) is 2. The van der Waals surface area contributed by atoms with E-state index in [0.717, 1.165) is 29.7 Å². The highest BCUT2D eigenvalue weighted by molar-refractivity contribution is 5.27. The summed E-state index contributed by atoms with van der Waals surface area (Å²) in [4.78, 5) is 4.25. The molecule has 0 radical (unpaired) electrons. The van der Waals surface area contributed by atoms with Crippen molar-refractivity contribution < 1.29 is 4.74 Å². The standard InChI is InChI=1S/C19H25NO/c1-15(2)16(3)7-8-17-9-11-19(12-10-17)21-14-18-6-4-5-13-20-18/h4-6,9-13,15-16H,7-8,14H2,1-3H3. The quantitative estimate of drug-likeness (QED) is 0.722. The predicted octanol–water partition coefficient (Wildman–Crippen LogP) is 4.89. The van der Waals surface area contributed by atoms with E-state index < -0.39 is 0 Å². The van der Waals surface area contributed by atoms with E-state index in [9.17, 15) is 0 Å². The Bertz CT molecular complexity index is 519. The zero-order chi connectivity index (χ0) is 15.1. The minimum atomic E-state index is 0.518. The van der Waals surface area contributed by atoms with Gasteiger partial charge in [0, 0.05) is 6.20 Å². The molecule has 0 fully saturated rings. The molecule has 0 amide bonds. The topological polar surface area (TPSA) is 22.1 Å². The predicted molar refractivity (Wildman–Crippen MR) is 87.3 cm³/mol. The number of aryl methyl sites for hydroxylation is 1. The lowest BCUT2D eigenvalue weighted by molar-refractivity contribution is 0.301. The summed E-state index contributed by atoms with van der Waals surface area (Å²) in [6.45, 7) is 7.43. The van der Waals surface area contributed by atoms with Crippen molar-refractivity contribution in [2.45, 2.75) is 40.2 Å². The second-order valence-corrected chi connectivity index (χ2v) is 6.01. The third kappa shape index (κ3) is 5.22. The summed E-state index contributed by atoms with van der Waals surface area (Å²) in [6, 6.07) is 14.3. The summed E-state index contributed by atoms with van der Waals surface area (Å²) in [6.07, 6.45) is 4.17. The molecule has 0 bridgehead atoms. The van der Waals surface area contributed by atoms with Crippen molar-refractivity contribution in [1.29, 1.82) is 0 Å². The number of pyridine rings is 1. The van der Waals surface area contributed by atoms with E-state index in [1.807, 2.05) is 18.2 Å². The maximum atomic E-state index is 5.75. The summed E-state index contributed by atoms with van der Waals surface area (Å²) in [5.41, 5.74) is 2.33. The van der Waals surface area contributed by atoms with Crippen LogP contribution in [0.25, 0.3) is 0 Å². The molecule has 2 rings (SSSR count). The zero-order valence-electron chi connectivity index (χ0n) is 13.3. The molecule has 1 aromatic carbocycles. The first-order chi connectivity index (χ1) is 10.1. The van der Waals surface area contributed by atoms with Gasteiger partial charge in [-0.05, 0) is 54.5 Å². The third-order valence-electron chi connectivity index (χ3n) is 4.06. The summed E-state index contributed by atoms with van der Waals surface area (Å²) < 4.78 is 5.75. The number of nitrogens with zero attached hydrogens (tertiary/aromatic N) is 1. The van der Waals surface area contributed by atoms with Gasteiger partial charge in [-0.25, -0.2) is 0 Å². The van der Waals surface area contributed by atoms with Crippen molar-refractivity contribution in [3.8, 4) is 5.75 Å². The molecule has 1 atom stereocenters. The molecular formula is C19H25NO. The van der Waals surface area contributed by atoms with Gasteiger partial charge in [0.2, 0.25) is 0 Å². The van der Waals surface area contributed by atoms with Gasteiger partial charge in [0.15, 0.2) is 0 Å². The summed E-state index contributed by atoms with van der Waals surface area (Å²) in [5, 5.41) is 0. The van der Waals surface area contributed by atoms with Crippen molar-refractivity contribution in [2.75, 3.05) is 0 Å². The van der Waals surface area contributed by atoms with Gasteiger partial charge in [-0.15, -0.1) is 0 Å². The molecular weight excluding hydrogens is 258 g/mol. The van der Waals surface area contributed by atoms with Crippen LogP contribution in [-0.2, 0) is 13.0 Å². The van der Waals surface area contributed by atoms with Crippen LogP contribution in [0.2, 0.25) is 0 Å². The molecule has 0 aliphatic rings. The molecule has 2 heteroatoms. The van der Waals surface area contributed by atoms with Crippen LogP contribution in [0, 0.1) is 11.8 Å². The molecule has 0 spiro atoms. The first-order valence-corrected chi connectivity index (χ1v) is 7.77. The number of rotatable bonds is 7. The Morgan fingerprint density at radius 1 is 1.00 bits per heavy atom. The Morgan fingerprint density at radius 3 is 2.38 bits per heavy atom. The van der Waals surface area contributed by atoms with Crippen LogP contribution in [0.3, 0.4) is 0 Å².